The van der Waals surface area contributed by atoms with E-state index in [2.05, 4.69) is 25.7 Å². The number of amides is 3. The number of aryl methyl sites for hydroxylation is 1. The molecule has 2 aliphatic rings. The second-order valence-corrected chi connectivity index (χ2v) is 5.37. The molecule has 2 N–H and O–H groups in total. The highest BCUT2D eigenvalue weighted by atomic mass is 16.2. The standard InChI is InChI=1S/C14H18N6O2/c1-3-15-14(22)17-11-7-8(2)19-20(11)13-16-10-6-4-5-9(10)12(21)18-13/h7,9H,3-6H2,1-2H3,(H2,15,17,22). The minimum atomic E-state index is -0.335. The average Bonchev–Trinajstić information content (AvgIpc) is 3.05. The molecule has 2 heterocycles. The fourth-order valence-electron chi connectivity index (χ4n) is 2.71. The highest BCUT2D eigenvalue weighted by molar-refractivity contribution is 6.17. The van der Waals surface area contributed by atoms with Gasteiger partial charge in [-0.15, -0.1) is 0 Å². The Balaban J connectivity index is 1.92. The van der Waals surface area contributed by atoms with Gasteiger partial charge in [0.15, 0.2) is 0 Å². The van der Waals surface area contributed by atoms with Gasteiger partial charge in [-0.3, -0.25) is 10.1 Å². The van der Waals surface area contributed by atoms with Gasteiger partial charge in [-0.1, -0.05) is 0 Å². The number of hydrogen-bond donors (Lipinski definition) is 2. The van der Waals surface area contributed by atoms with Crippen LogP contribution in [0.1, 0.15) is 31.9 Å². The Bertz CT molecular complexity index is 688. The van der Waals surface area contributed by atoms with Crippen LogP contribution in [0.3, 0.4) is 0 Å². The molecular weight excluding hydrogens is 284 g/mol. The molecule has 22 heavy (non-hydrogen) atoms. The lowest BCUT2D eigenvalue weighted by Gasteiger charge is -2.15. The maximum absolute atomic E-state index is 12.1. The highest BCUT2D eigenvalue weighted by Gasteiger charge is 2.33. The summed E-state index contributed by atoms with van der Waals surface area (Å²) in [5.74, 6) is 0.323. The van der Waals surface area contributed by atoms with Gasteiger partial charge in [-0.05, 0) is 33.1 Å². The van der Waals surface area contributed by atoms with Crippen molar-refractivity contribution in [2.75, 3.05) is 11.9 Å². The predicted octanol–water partition coefficient (Wildman–Crippen LogP) is 1.32. The first kappa shape index (κ1) is 14.4. The number of fused-ring (bicyclic) bond motifs is 1. The summed E-state index contributed by atoms with van der Waals surface area (Å²) < 4.78 is 1.41. The number of nitrogens with one attached hydrogen (secondary N) is 2. The van der Waals surface area contributed by atoms with Crippen LogP contribution < -0.4 is 10.6 Å². The number of carbonyl (C=O) groups is 2. The second-order valence-electron chi connectivity index (χ2n) is 5.37. The molecule has 3 amide bonds. The van der Waals surface area contributed by atoms with E-state index in [1.165, 1.54) is 4.68 Å². The number of nitrogens with zero attached hydrogens (tertiary/aromatic N) is 4. The average molecular weight is 302 g/mol. The molecule has 0 saturated heterocycles. The van der Waals surface area contributed by atoms with Gasteiger partial charge in [0, 0.05) is 18.3 Å². The molecule has 1 aromatic rings. The zero-order valence-electron chi connectivity index (χ0n) is 12.6. The number of anilines is 1. The number of urea groups is 1. The lowest BCUT2D eigenvalue weighted by Crippen LogP contribution is -2.32. The Kier molecular flexibility index (Phi) is 3.74. The van der Waals surface area contributed by atoms with Gasteiger partial charge in [-0.25, -0.2) is 9.79 Å². The van der Waals surface area contributed by atoms with E-state index in [1.54, 1.807) is 13.0 Å². The minimum Gasteiger partial charge on any atom is -0.338 e. The molecule has 1 fully saturated rings. The summed E-state index contributed by atoms with van der Waals surface area (Å²) in [6.07, 6.45) is 2.59. The zero-order chi connectivity index (χ0) is 15.7. The third kappa shape index (κ3) is 2.63. The van der Waals surface area contributed by atoms with Crippen LogP contribution in [0.5, 0.6) is 0 Å². The molecule has 0 radical (unpaired) electrons. The third-order valence-electron chi connectivity index (χ3n) is 3.68. The first-order valence-corrected chi connectivity index (χ1v) is 7.40. The molecule has 8 heteroatoms. The Labute approximate surface area is 127 Å². The van der Waals surface area contributed by atoms with Crippen molar-refractivity contribution in [3.05, 3.63) is 11.8 Å². The lowest BCUT2D eigenvalue weighted by molar-refractivity contribution is -0.119. The van der Waals surface area contributed by atoms with Crippen molar-refractivity contribution in [2.45, 2.75) is 33.1 Å². The van der Waals surface area contributed by atoms with Crippen molar-refractivity contribution in [3.63, 3.8) is 0 Å². The van der Waals surface area contributed by atoms with Crippen LogP contribution in [-0.4, -0.2) is 39.9 Å². The molecule has 0 bridgehead atoms. The van der Waals surface area contributed by atoms with Gasteiger partial charge in [0.1, 0.15) is 5.82 Å². The summed E-state index contributed by atoms with van der Waals surface area (Å²) >= 11 is 0. The quantitative estimate of drug-likeness (QED) is 0.861. The molecular formula is C14H18N6O2. The molecule has 1 aliphatic heterocycles. The topological polar surface area (TPSA) is 101 Å². The van der Waals surface area contributed by atoms with Crippen molar-refractivity contribution >= 4 is 29.4 Å². The van der Waals surface area contributed by atoms with Crippen LogP contribution in [0.4, 0.5) is 10.6 Å². The molecule has 1 unspecified atom stereocenters. The predicted molar refractivity (Wildman–Crippen MR) is 82.3 cm³/mol. The fraction of sp³-hybridized carbons (Fsp3) is 0.500. The molecule has 0 spiro atoms. The largest absolute Gasteiger partial charge is 0.338 e. The molecule has 1 saturated carbocycles. The van der Waals surface area contributed by atoms with Crippen molar-refractivity contribution in [1.29, 1.82) is 0 Å². The van der Waals surface area contributed by atoms with E-state index >= 15 is 0 Å². The normalized spacial score (nSPS) is 20.3. The van der Waals surface area contributed by atoms with Gasteiger partial charge < -0.3 is 5.32 Å². The van der Waals surface area contributed by atoms with Crippen LogP contribution in [-0.2, 0) is 4.79 Å². The lowest BCUT2D eigenvalue weighted by atomic mass is 10.1. The Hall–Kier alpha value is -2.51. The summed E-state index contributed by atoms with van der Waals surface area (Å²) in [6.45, 7) is 4.15. The van der Waals surface area contributed by atoms with E-state index < -0.39 is 0 Å². The van der Waals surface area contributed by atoms with Crippen LogP contribution in [0, 0.1) is 12.8 Å². The van der Waals surface area contributed by atoms with Crippen LogP contribution >= 0.6 is 0 Å². The van der Waals surface area contributed by atoms with E-state index in [9.17, 15) is 9.59 Å². The van der Waals surface area contributed by atoms with E-state index in [0.29, 0.717) is 18.1 Å². The molecule has 1 atom stereocenters. The van der Waals surface area contributed by atoms with Crippen LogP contribution in [0.2, 0.25) is 0 Å². The monoisotopic (exact) mass is 302 g/mol. The second kappa shape index (κ2) is 5.70. The molecule has 1 aliphatic carbocycles. The summed E-state index contributed by atoms with van der Waals surface area (Å²) in [4.78, 5) is 32.3. The summed E-state index contributed by atoms with van der Waals surface area (Å²) in [7, 11) is 0. The van der Waals surface area contributed by atoms with Crippen molar-refractivity contribution in [2.24, 2.45) is 15.9 Å². The molecule has 0 aromatic carbocycles. The smallest absolute Gasteiger partial charge is 0.320 e. The highest BCUT2D eigenvalue weighted by Crippen LogP contribution is 2.27. The Morgan fingerprint density at radius 3 is 3.05 bits per heavy atom. The number of aliphatic imine (C=N–C) groups is 2. The van der Waals surface area contributed by atoms with Crippen LogP contribution in [0.25, 0.3) is 0 Å². The number of rotatable bonds is 2. The molecule has 8 nitrogen and oxygen atoms in total. The fourth-order valence-corrected chi connectivity index (χ4v) is 2.71. The number of aromatic nitrogens is 2. The molecule has 116 valence electrons. The summed E-state index contributed by atoms with van der Waals surface area (Å²) in [6, 6.07) is 1.38. The van der Waals surface area contributed by atoms with Gasteiger partial charge in [0.05, 0.1) is 11.6 Å². The zero-order valence-corrected chi connectivity index (χ0v) is 12.6. The van der Waals surface area contributed by atoms with Crippen molar-refractivity contribution < 1.29 is 9.59 Å². The van der Waals surface area contributed by atoms with Gasteiger partial charge >= 0.3 is 6.03 Å². The maximum atomic E-state index is 12.1. The SMILES string of the molecule is CCNC(=O)Nc1cc(C)nn1C1=NC(=O)C2CCCC2=N1. The first-order valence-electron chi connectivity index (χ1n) is 7.40. The Morgan fingerprint density at radius 2 is 2.27 bits per heavy atom. The van der Waals surface area contributed by atoms with E-state index in [-0.39, 0.29) is 23.8 Å². The van der Waals surface area contributed by atoms with Crippen molar-refractivity contribution in [1.82, 2.24) is 15.1 Å². The van der Waals surface area contributed by atoms with Gasteiger partial charge in [0.25, 0.3) is 11.9 Å². The van der Waals surface area contributed by atoms with E-state index in [0.717, 1.165) is 25.0 Å². The summed E-state index contributed by atoms with van der Waals surface area (Å²) in [5.41, 5.74) is 1.57. The Morgan fingerprint density at radius 1 is 1.45 bits per heavy atom. The van der Waals surface area contributed by atoms with Gasteiger partial charge in [0.2, 0.25) is 0 Å². The van der Waals surface area contributed by atoms with Crippen molar-refractivity contribution in [3.8, 4) is 0 Å². The summed E-state index contributed by atoms with van der Waals surface area (Å²) in [5, 5.41) is 9.62. The van der Waals surface area contributed by atoms with E-state index in [1.807, 2.05) is 6.92 Å². The number of carbonyl (C=O) groups excluding carboxylic acids is 2. The van der Waals surface area contributed by atoms with Crippen LogP contribution in [0.15, 0.2) is 16.1 Å². The maximum Gasteiger partial charge on any atom is 0.320 e. The van der Waals surface area contributed by atoms with Gasteiger partial charge in [-0.2, -0.15) is 14.8 Å². The van der Waals surface area contributed by atoms with E-state index in [4.69, 9.17) is 0 Å². The minimum absolute atomic E-state index is 0.166. The molecule has 3 rings (SSSR count). The number of hydrogen-bond acceptors (Lipinski definition) is 4. The third-order valence-corrected chi connectivity index (χ3v) is 3.68. The molecule has 1 aromatic heterocycles. The first-order chi connectivity index (χ1) is 10.6.